The molecule has 8 heteroatoms. The van der Waals surface area contributed by atoms with Gasteiger partial charge in [-0.2, -0.15) is 0 Å². The summed E-state index contributed by atoms with van der Waals surface area (Å²) in [6, 6.07) is 13.6. The first-order chi connectivity index (χ1) is 13.3. The molecular weight excluding hydrogens is 394 g/mol. The van der Waals surface area contributed by atoms with Gasteiger partial charge < -0.3 is 4.90 Å². The van der Waals surface area contributed by atoms with Gasteiger partial charge in [-0.15, -0.1) is 17.9 Å². The smallest absolute Gasteiger partial charge is 0.254 e. The average Bonchev–Trinajstić information content (AvgIpc) is 3.15. The van der Waals surface area contributed by atoms with Crippen LogP contribution in [-0.2, 0) is 10.0 Å². The molecule has 2 aromatic carbocycles. The van der Waals surface area contributed by atoms with Crippen LogP contribution in [0.4, 0.5) is 0 Å². The van der Waals surface area contributed by atoms with Crippen molar-refractivity contribution >= 4 is 37.5 Å². The fourth-order valence-corrected chi connectivity index (χ4v) is 4.77. The molecule has 0 bridgehead atoms. The summed E-state index contributed by atoms with van der Waals surface area (Å²) in [5, 5.41) is 0.827. The molecule has 0 saturated carbocycles. The lowest BCUT2D eigenvalue weighted by Gasteiger charge is -2.23. The molecule has 1 atom stereocenters. The fourth-order valence-electron chi connectivity index (χ4n) is 2.66. The van der Waals surface area contributed by atoms with Gasteiger partial charge in [0.1, 0.15) is 5.01 Å². The number of rotatable bonds is 7. The Bertz CT molecular complexity index is 1090. The number of nitrogens with one attached hydrogen (secondary N) is 1. The van der Waals surface area contributed by atoms with Gasteiger partial charge in [-0.1, -0.05) is 24.3 Å². The largest absolute Gasteiger partial charge is 0.333 e. The van der Waals surface area contributed by atoms with Crippen molar-refractivity contribution in [2.45, 2.75) is 17.9 Å². The molecule has 1 unspecified atom stereocenters. The molecule has 0 saturated heterocycles. The van der Waals surface area contributed by atoms with Gasteiger partial charge in [0.25, 0.3) is 5.91 Å². The molecular formula is C20H21N3O3S2. The normalized spacial score (nSPS) is 12.6. The summed E-state index contributed by atoms with van der Waals surface area (Å²) in [5.74, 6) is -0.271. The van der Waals surface area contributed by atoms with Gasteiger partial charge in [-0.3, -0.25) is 4.79 Å². The molecule has 6 nitrogen and oxygen atoms in total. The number of thiazole rings is 1. The topological polar surface area (TPSA) is 79.4 Å². The second-order valence-electron chi connectivity index (χ2n) is 6.28. The third-order valence-electron chi connectivity index (χ3n) is 4.38. The number of fused-ring (bicyclic) bond motifs is 1. The first-order valence-electron chi connectivity index (χ1n) is 8.66. The molecule has 28 heavy (non-hydrogen) atoms. The Labute approximate surface area is 168 Å². The Morgan fingerprint density at radius 1 is 1.29 bits per heavy atom. The molecule has 0 aliphatic heterocycles. The molecule has 3 rings (SSSR count). The Morgan fingerprint density at radius 3 is 2.75 bits per heavy atom. The zero-order chi connectivity index (χ0) is 20.3. The highest BCUT2D eigenvalue weighted by Crippen LogP contribution is 2.29. The first kappa shape index (κ1) is 20.2. The number of sulfonamides is 1. The average molecular weight is 416 g/mol. The molecule has 0 spiro atoms. The fraction of sp³-hybridized carbons (Fsp3) is 0.200. The number of carbonyl (C=O) groups is 1. The van der Waals surface area contributed by atoms with Crippen molar-refractivity contribution < 1.29 is 13.2 Å². The predicted molar refractivity (Wildman–Crippen MR) is 112 cm³/mol. The monoisotopic (exact) mass is 415 g/mol. The van der Waals surface area contributed by atoms with Crippen molar-refractivity contribution in [1.29, 1.82) is 0 Å². The van der Waals surface area contributed by atoms with E-state index < -0.39 is 10.0 Å². The molecule has 146 valence electrons. The number of hydrogen-bond donors (Lipinski definition) is 1. The number of hydrogen-bond acceptors (Lipinski definition) is 5. The van der Waals surface area contributed by atoms with E-state index in [0.717, 1.165) is 15.2 Å². The highest BCUT2D eigenvalue weighted by Gasteiger charge is 2.23. The lowest BCUT2D eigenvalue weighted by molar-refractivity contribution is 0.0742. The summed E-state index contributed by atoms with van der Waals surface area (Å²) in [6.45, 7) is 5.52. The first-order valence-corrected chi connectivity index (χ1v) is 11.0. The van der Waals surface area contributed by atoms with E-state index in [2.05, 4.69) is 16.3 Å². The second-order valence-corrected chi connectivity index (χ2v) is 9.11. The zero-order valence-electron chi connectivity index (χ0n) is 15.6. The van der Waals surface area contributed by atoms with Crippen LogP contribution in [0.5, 0.6) is 0 Å². The number of benzene rings is 2. The molecule has 3 aromatic rings. The van der Waals surface area contributed by atoms with Gasteiger partial charge in [0, 0.05) is 19.2 Å². The van der Waals surface area contributed by atoms with E-state index in [1.165, 1.54) is 18.2 Å². The minimum absolute atomic E-state index is 0.0428. The van der Waals surface area contributed by atoms with Gasteiger partial charge in [-0.05, 0) is 37.3 Å². The highest BCUT2D eigenvalue weighted by molar-refractivity contribution is 7.89. The summed E-state index contributed by atoms with van der Waals surface area (Å²) in [5.41, 5.74) is 1.20. The van der Waals surface area contributed by atoms with Crippen molar-refractivity contribution in [3.63, 3.8) is 0 Å². The highest BCUT2D eigenvalue weighted by atomic mass is 32.2. The summed E-state index contributed by atoms with van der Waals surface area (Å²) < 4.78 is 28.1. The van der Waals surface area contributed by atoms with Crippen LogP contribution in [0.2, 0.25) is 0 Å². The number of para-hydroxylation sites is 1. The van der Waals surface area contributed by atoms with Gasteiger partial charge in [0.05, 0.1) is 21.2 Å². The van der Waals surface area contributed by atoms with E-state index in [0.29, 0.717) is 5.56 Å². The molecule has 1 heterocycles. The Hall–Kier alpha value is -2.55. The number of amides is 1. The third kappa shape index (κ3) is 4.14. The van der Waals surface area contributed by atoms with Crippen molar-refractivity contribution in [3.05, 3.63) is 71.8 Å². The van der Waals surface area contributed by atoms with Crippen LogP contribution in [0.25, 0.3) is 10.2 Å². The number of nitrogens with zero attached hydrogens (tertiary/aromatic N) is 2. The molecule has 0 aliphatic carbocycles. The SMILES string of the molecule is C=CCNS(=O)(=O)c1cccc(C(=O)N(C)C(C)c2nc3ccccc3s2)c1. The number of carbonyl (C=O) groups excluding carboxylic acids is 1. The zero-order valence-corrected chi connectivity index (χ0v) is 17.3. The number of aromatic nitrogens is 1. The van der Waals surface area contributed by atoms with Crippen LogP contribution in [0.1, 0.15) is 28.3 Å². The van der Waals surface area contributed by atoms with Crippen molar-refractivity contribution in [1.82, 2.24) is 14.6 Å². The third-order valence-corrected chi connectivity index (χ3v) is 7.01. The van der Waals surface area contributed by atoms with E-state index in [1.807, 2.05) is 31.2 Å². The quantitative estimate of drug-likeness (QED) is 0.598. The maximum absolute atomic E-state index is 12.9. The Kier molecular flexibility index (Phi) is 5.93. The molecule has 1 amide bonds. The van der Waals surface area contributed by atoms with Crippen LogP contribution < -0.4 is 4.72 Å². The summed E-state index contributed by atoms with van der Waals surface area (Å²) in [7, 11) is -2.01. The van der Waals surface area contributed by atoms with Crippen molar-refractivity contribution in [2.75, 3.05) is 13.6 Å². The van der Waals surface area contributed by atoms with Crippen LogP contribution >= 0.6 is 11.3 Å². The summed E-state index contributed by atoms with van der Waals surface area (Å²) in [4.78, 5) is 19.2. The van der Waals surface area contributed by atoms with E-state index in [9.17, 15) is 13.2 Å². The Balaban J connectivity index is 1.84. The van der Waals surface area contributed by atoms with E-state index >= 15 is 0 Å². The van der Waals surface area contributed by atoms with E-state index in [-0.39, 0.29) is 23.4 Å². The maximum Gasteiger partial charge on any atom is 0.254 e. The Morgan fingerprint density at radius 2 is 2.04 bits per heavy atom. The summed E-state index contributed by atoms with van der Waals surface area (Å²) >= 11 is 1.54. The molecule has 0 radical (unpaired) electrons. The van der Waals surface area contributed by atoms with Crippen molar-refractivity contribution in [3.8, 4) is 0 Å². The predicted octanol–water partition coefficient (Wildman–Crippen LogP) is 3.59. The van der Waals surface area contributed by atoms with Crippen LogP contribution in [0.15, 0.2) is 66.1 Å². The lowest BCUT2D eigenvalue weighted by Crippen LogP contribution is -2.30. The lowest BCUT2D eigenvalue weighted by atomic mass is 10.2. The standard InChI is InChI=1S/C20H21N3O3S2/c1-4-12-21-28(25,26)16-9-7-8-15(13-16)20(24)23(3)14(2)19-22-17-10-5-6-11-18(17)27-19/h4-11,13-14,21H,1,12H2,2-3H3. The van der Waals surface area contributed by atoms with Crippen LogP contribution in [0.3, 0.4) is 0 Å². The van der Waals surface area contributed by atoms with Crippen LogP contribution in [0, 0.1) is 0 Å². The van der Waals surface area contributed by atoms with Gasteiger partial charge in [0.2, 0.25) is 10.0 Å². The minimum atomic E-state index is -3.70. The second kappa shape index (κ2) is 8.22. The van der Waals surface area contributed by atoms with Gasteiger partial charge in [0.15, 0.2) is 0 Å². The van der Waals surface area contributed by atoms with E-state index in [4.69, 9.17) is 0 Å². The van der Waals surface area contributed by atoms with Gasteiger partial charge >= 0.3 is 0 Å². The van der Waals surface area contributed by atoms with Crippen molar-refractivity contribution in [2.24, 2.45) is 0 Å². The molecule has 0 aliphatic rings. The molecule has 1 N–H and O–H groups in total. The molecule has 0 fully saturated rings. The molecule has 1 aromatic heterocycles. The van der Waals surface area contributed by atoms with Gasteiger partial charge in [-0.25, -0.2) is 18.1 Å². The van der Waals surface area contributed by atoms with E-state index in [1.54, 1.807) is 35.4 Å². The summed E-state index contributed by atoms with van der Waals surface area (Å²) in [6.07, 6.45) is 1.46. The maximum atomic E-state index is 12.9. The minimum Gasteiger partial charge on any atom is -0.333 e. The van der Waals surface area contributed by atoms with Crippen LogP contribution in [-0.4, -0.2) is 37.8 Å².